The van der Waals surface area contributed by atoms with Crippen LogP contribution in [0.1, 0.15) is 138 Å². The van der Waals surface area contributed by atoms with E-state index in [0.717, 1.165) is 47.4 Å². The molecule has 0 aliphatic carbocycles. The molecule has 6 aromatic carbocycles. The van der Waals surface area contributed by atoms with Gasteiger partial charge < -0.3 is 45.9 Å². The molecule has 544 valence electrons. The number of nitrogens with two attached hydrogens (primary N) is 2. The van der Waals surface area contributed by atoms with Crippen LogP contribution in [0, 0.1) is 45.0 Å². The lowest BCUT2D eigenvalue weighted by atomic mass is 10.0. The number of nitro benzene ring substituents is 1. The fraction of sp³-hybridized carbons (Fsp3) is 0.290. The predicted molar refractivity (Wildman–Crippen MR) is 351 cm³/mol. The molecule has 0 radical (unpaired) electrons. The topological polar surface area (TPSA) is 409 Å². The molecule has 4 unspecified atom stereocenters. The molecule has 0 bridgehead atoms. The van der Waals surface area contributed by atoms with Crippen molar-refractivity contribution >= 4 is 99.9 Å². The summed E-state index contributed by atoms with van der Waals surface area (Å²) in [6, 6.07) is 14.6. The SMILES string of the molecule is C.COc1cccc(C=O)c1F.COc1cccc(CNc2cc(F)cc3c2CN(C2CCC(=O)NC2=O)C3=O)c1F.Nc1cc(F)cc2c1CN(C1CCC(=O)NC1=O)C2=O.Nc1cc(F)cc2c1CN(C1CCC(=O)NC1=O)C2=O.O=C1CCC(N2Cc3c(cc(F)cc3[N+](=O)[O-])C2=O)C(=O)N1. The number of carbonyl (C=O) groups is 13. The number of hydrogen-bond donors (Lipinski definition) is 7. The second-order valence-electron chi connectivity index (χ2n) is 24.1. The van der Waals surface area contributed by atoms with Crippen LogP contribution in [0.3, 0.4) is 0 Å². The van der Waals surface area contributed by atoms with Crippen molar-refractivity contribution in [1.82, 2.24) is 40.9 Å². The van der Waals surface area contributed by atoms with E-state index in [9.17, 15) is 98.8 Å². The molecule has 35 heteroatoms. The average molecular weight is 1450 g/mol. The van der Waals surface area contributed by atoms with Gasteiger partial charge in [0.15, 0.2) is 29.4 Å². The first-order chi connectivity index (χ1) is 49.0. The number of methoxy groups -OCH3 is 2. The molecule has 9 N–H and O–H groups in total. The molecular formula is C69H64F6N12O17. The number of nitro groups is 1. The van der Waals surface area contributed by atoms with E-state index in [1.165, 1.54) is 53.2 Å². The van der Waals surface area contributed by atoms with Crippen molar-refractivity contribution in [2.24, 2.45) is 0 Å². The third-order valence-electron chi connectivity index (χ3n) is 17.8. The quantitative estimate of drug-likeness (QED) is 0.0211. The van der Waals surface area contributed by atoms with Gasteiger partial charge in [0, 0.05) is 108 Å². The lowest BCUT2D eigenvalue weighted by Crippen LogP contribution is -2.52. The molecule has 8 aliphatic rings. The van der Waals surface area contributed by atoms with Crippen LogP contribution in [0.25, 0.3) is 0 Å². The smallest absolute Gasteiger partial charge is 0.278 e. The van der Waals surface area contributed by atoms with Gasteiger partial charge in [-0.2, -0.15) is 0 Å². The number of anilines is 3. The maximum atomic E-state index is 14.4. The Bertz CT molecular complexity index is 4530. The Morgan fingerprint density at radius 2 is 0.827 bits per heavy atom. The van der Waals surface area contributed by atoms with Gasteiger partial charge in [-0.25, -0.2) is 26.3 Å². The van der Waals surface area contributed by atoms with Gasteiger partial charge in [0.2, 0.25) is 47.3 Å². The summed E-state index contributed by atoms with van der Waals surface area (Å²) in [5, 5.41) is 22.7. The summed E-state index contributed by atoms with van der Waals surface area (Å²) in [5.41, 5.74) is 14.1. The van der Waals surface area contributed by atoms with Crippen molar-refractivity contribution in [3.8, 4) is 11.5 Å². The molecule has 12 amide bonds. The van der Waals surface area contributed by atoms with Crippen LogP contribution in [0.4, 0.5) is 49.1 Å². The normalized spacial score (nSPS) is 19.1. The summed E-state index contributed by atoms with van der Waals surface area (Å²) >= 11 is 0. The zero-order chi connectivity index (χ0) is 74.6. The van der Waals surface area contributed by atoms with Crippen LogP contribution in [0.5, 0.6) is 11.5 Å². The van der Waals surface area contributed by atoms with Crippen molar-refractivity contribution in [2.45, 2.75) is 116 Å². The summed E-state index contributed by atoms with van der Waals surface area (Å²) in [4.78, 5) is 168. The summed E-state index contributed by atoms with van der Waals surface area (Å²) in [7, 11) is 2.72. The first-order valence-corrected chi connectivity index (χ1v) is 31.4. The highest BCUT2D eigenvalue weighted by atomic mass is 19.1. The molecule has 4 atom stereocenters. The molecule has 6 aromatic rings. The summed E-state index contributed by atoms with van der Waals surface area (Å²) < 4.78 is 91.2. The van der Waals surface area contributed by atoms with Gasteiger partial charge >= 0.3 is 0 Å². The van der Waals surface area contributed by atoms with Gasteiger partial charge in [0.1, 0.15) is 47.4 Å². The highest BCUT2D eigenvalue weighted by Crippen LogP contribution is 2.38. The second-order valence-corrected chi connectivity index (χ2v) is 24.1. The van der Waals surface area contributed by atoms with Gasteiger partial charge in [-0.15, -0.1) is 0 Å². The number of nitrogens with one attached hydrogen (secondary N) is 5. The fourth-order valence-corrected chi connectivity index (χ4v) is 12.7. The number of benzene rings is 6. The maximum Gasteiger partial charge on any atom is 0.278 e. The molecule has 8 aliphatic heterocycles. The Morgan fingerprint density at radius 3 is 1.20 bits per heavy atom. The van der Waals surface area contributed by atoms with E-state index in [-0.39, 0.29) is 165 Å². The van der Waals surface area contributed by atoms with E-state index in [1.807, 2.05) is 0 Å². The zero-order valence-corrected chi connectivity index (χ0v) is 54.3. The number of hydrogen-bond acceptors (Lipinski definition) is 20. The van der Waals surface area contributed by atoms with Crippen LogP contribution < -0.4 is 47.5 Å². The van der Waals surface area contributed by atoms with Crippen molar-refractivity contribution in [3.05, 3.63) is 186 Å². The Labute approximate surface area is 585 Å². The van der Waals surface area contributed by atoms with E-state index >= 15 is 0 Å². The highest BCUT2D eigenvalue weighted by Gasteiger charge is 2.45. The number of amides is 12. The van der Waals surface area contributed by atoms with Crippen LogP contribution in [-0.2, 0) is 71.1 Å². The molecule has 0 aromatic heterocycles. The Kier molecular flexibility index (Phi) is 22.9. The minimum absolute atomic E-state index is 0. The Balaban J connectivity index is 0.000000155. The molecular weight excluding hydrogens is 1380 g/mol. The molecule has 14 rings (SSSR count). The number of nitrogens with zero attached hydrogens (tertiary/aromatic N) is 5. The summed E-state index contributed by atoms with van der Waals surface area (Å²) in [6.45, 7) is 0.297. The zero-order valence-electron chi connectivity index (χ0n) is 54.3. The van der Waals surface area contributed by atoms with Crippen molar-refractivity contribution in [2.75, 3.05) is 31.0 Å². The van der Waals surface area contributed by atoms with Gasteiger partial charge in [-0.1, -0.05) is 25.6 Å². The van der Waals surface area contributed by atoms with Gasteiger partial charge in [-0.3, -0.25) is 93.7 Å². The minimum Gasteiger partial charge on any atom is -0.494 e. The summed E-state index contributed by atoms with van der Waals surface area (Å²) in [6.07, 6.45) is 1.92. The fourth-order valence-electron chi connectivity index (χ4n) is 12.7. The molecule has 8 heterocycles. The van der Waals surface area contributed by atoms with E-state index in [0.29, 0.717) is 34.2 Å². The average Bonchev–Trinajstić information content (AvgIpc) is 1.62. The maximum absolute atomic E-state index is 14.4. The first-order valence-electron chi connectivity index (χ1n) is 31.4. The lowest BCUT2D eigenvalue weighted by Gasteiger charge is -2.29. The number of carbonyl (C=O) groups excluding carboxylic acids is 13. The van der Waals surface area contributed by atoms with Crippen LogP contribution in [0.15, 0.2) is 84.9 Å². The molecule has 4 saturated heterocycles. The summed E-state index contributed by atoms with van der Waals surface area (Å²) in [5.74, 6) is -9.27. The van der Waals surface area contributed by atoms with E-state index in [2.05, 4.69) is 31.3 Å². The molecule has 4 fully saturated rings. The third kappa shape index (κ3) is 15.8. The molecule has 0 spiro atoms. The number of nitrogen functional groups attached to an aromatic ring is 2. The van der Waals surface area contributed by atoms with Crippen LogP contribution in [-0.4, -0.2) is 140 Å². The van der Waals surface area contributed by atoms with Crippen molar-refractivity contribution in [3.63, 3.8) is 0 Å². The predicted octanol–water partition coefficient (Wildman–Crippen LogP) is 5.46. The number of rotatable bonds is 11. The van der Waals surface area contributed by atoms with Crippen LogP contribution >= 0.6 is 0 Å². The van der Waals surface area contributed by atoms with E-state index in [4.69, 9.17) is 16.2 Å². The molecule has 0 saturated carbocycles. The van der Waals surface area contributed by atoms with Crippen LogP contribution in [0.2, 0.25) is 0 Å². The number of fused-ring (bicyclic) bond motifs is 4. The number of imide groups is 4. The third-order valence-corrected chi connectivity index (χ3v) is 17.8. The second kappa shape index (κ2) is 31.5. The minimum atomic E-state index is -0.889. The van der Waals surface area contributed by atoms with Gasteiger partial charge in [0.25, 0.3) is 29.3 Å². The standard InChI is InChI=1S/C21H19F2N3O4.C13H10FN3O5.2C13H12FN3O3.C8H7FO2.CH4/c1-30-17-4-2-3-11(19(17)23)9-24-15-8-12(22)7-13-14(15)10-26(21(13)29)16-5-6-18(27)25-20(16)28;14-6-3-7-8(10(4-6)17(21)22)5-16(13(7)20)9-1-2-11(18)15-12(9)19;2*14-6-3-7-8(9(15)4-6)5-17(13(7)20)10-1-2-11(18)16-12(10)19;1-11-7-4-2-3-6(5-10)8(7)9;/h2-4,7-8,16,24H,5-6,9-10H2,1H3,(H,25,27,28);3-4,9H,1-2,5H2,(H,15,18,19);2*3-4,10H,1-2,5,15H2,(H,16,18,19);2-5H,1H3;1H4. The van der Waals surface area contributed by atoms with E-state index in [1.54, 1.807) is 18.2 Å². The lowest BCUT2D eigenvalue weighted by molar-refractivity contribution is -0.385. The first kappa shape index (κ1) is 75.6. The number of halogens is 6. The van der Waals surface area contributed by atoms with Crippen molar-refractivity contribution < 1.29 is 103 Å². The Morgan fingerprint density at radius 1 is 0.490 bits per heavy atom. The highest BCUT2D eigenvalue weighted by molar-refractivity contribution is 6.09. The van der Waals surface area contributed by atoms with Crippen molar-refractivity contribution in [1.29, 1.82) is 0 Å². The number of aldehydes is 1. The Hall–Kier alpha value is -12.6. The largest absolute Gasteiger partial charge is 0.494 e. The molecule has 104 heavy (non-hydrogen) atoms. The van der Waals surface area contributed by atoms with E-state index < -0.39 is 123 Å². The van der Waals surface area contributed by atoms with Gasteiger partial charge in [0.05, 0.1) is 48.4 Å². The number of piperidine rings is 4. The molecule has 29 nitrogen and oxygen atoms in total. The van der Waals surface area contributed by atoms with Gasteiger partial charge in [-0.05, 0) is 86.3 Å². The number of ether oxygens (including phenoxy) is 2. The monoisotopic (exact) mass is 1450 g/mol.